The van der Waals surface area contributed by atoms with E-state index in [0.29, 0.717) is 57.9 Å². The number of ketones is 1. The molecule has 1 saturated heterocycles. The van der Waals surface area contributed by atoms with Gasteiger partial charge in [0.05, 0.1) is 52.9 Å². The van der Waals surface area contributed by atoms with Gasteiger partial charge in [-0.25, -0.2) is 4.98 Å². The first-order valence-electron chi connectivity index (χ1n) is 11.9. The molecule has 2 aliphatic rings. The van der Waals surface area contributed by atoms with E-state index >= 15 is 0 Å². The number of benzene rings is 2. The maximum Gasteiger partial charge on any atom is 0.252 e. The van der Waals surface area contributed by atoms with Crippen molar-refractivity contribution >= 4 is 45.7 Å². The molecule has 188 valence electrons. The first kappa shape index (κ1) is 23.5. The lowest BCUT2D eigenvalue weighted by atomic mass is 9.86. The summed E-state index contributed by atoms with van der Waals surface area (Å²) in [5.41, 5.74) is 1.20. The number of anilines is 2. The second kappa shape index (κ2) is 9.19. The molecule has 0 bridgehead atoms. The van der Waals surface area contributed by atoms with Crippen molar-refractivity contribution in [3.63, 3.8) is 0 Å². The fraction of sp³-hybridized carbons (Fsp3) is 0.222. The lowest BCUT2D eigenvalue weighted by molar-refractivity contribution is -0.128. The maximum absolute atomic E-state index is 13.7. The Morgan fingerprint density at radius 3 is 2.76 bits per heavy atom. The Morgan fingerprint density at radius 1 is 1.19 bits per heavy atom. The van der Waals surface area contributed by atoms with Crippen LogP contribution >= 0.6 is 11.6 Å². The van der Waals surface area contributed by atoms with Gasteiger partial charge in [-0.05, 0) is 37.1 Å². The zero-order valence-electron chi connectivity index (χ0n) is 19.6. The van der Waals surface area contributed by atoms with E-state index in [1.165, 1.54) is 0 Å². The van der Waals surface area contributed by atoms with E-state index in [2.05, 4.69) is 20.6 Å². The Kier molecular flexibility index (Phi) is 5.83. The van der Waals surface area contributed by atoms with E-state index in [9.17, 15) is 14.7 Å². The summed E-state index contributed by atoms with van der Waals surface area (Å²) in [5, 5.41) is 16.5. The quantitative estimate of drug-likeness (QED) is 0.286. The fourth-order valence-corrected chi connectivity index (χ4v) is 5.05. The molecule has 9 nitrogen and oxygen atoms in total. The van der Waals surface area contributed by atoms with E-state index in [1.807, 2.05) is 30.3 Å². The third-order valence-corrected chi connectivity index (χ3v) is 7.13. The van der Waals surface area contributed by atoms with Crippen LogP contribution in [0.1, 0.15) is 28.8 Å². The molecule has 2 aromatic carbocycles. The summed E-state index contributed by atoms with van der Waals surface area (Å²) >= 11 is 6.53. The minimum Gasteiger partial charge on any atom is -0.457 e. The molecule has 4 aromatic rings. The van der Waals surface area contributed by atoms with Crippen LogP contribution < -0.4 is 15.4 Å². The molecule has 2 aromatic heterocycles. The summed E-state index contributed by atoms with van der Waals surface area (Å²) in [6, 6.07) is 14.2. The van der Waals surface area contributed by atoms with Crippen molar-refractivity contribution in [2.75, 3.05) is 23.8 Å². The normalized spacial score (nSPS) is 20.8. The van der Waals surface area contributed by atoms with Crippen molar-refractivity contribution in [2.45, 2.75) is 24.5 Å². The van der Waals surface area contributed by atoms with Gasteiger partial charge in [-0.15, -0.1) is 0 Å². The van der Waals surface area contributed by atoms with Crippen LogP contribution in [0.3, 0.4) is 0 Å². The number of aliphatic hydroxyl groups excluding tert-OH is 1. The van der Waals surface area contributed by atoms with Gasteiger partial charge >= 0.3 is 0 Å². The second-order valence-electron chi connectivity index (χ2n) is 9.17. The number of hydrogen-bond acceptors (Lipinski definition) is 7. The summed E-state index contributed by atoms with van der Waals surface area (Å²) in [5.74, 6) is 0.630. The van der Waals surface area contributed by atoms with Gasteiger partial charge in [0.15, 0.2) is 5.78 Å². The number of fused-ring (bicyclic) bond motifs is 3. The molecule has 0 saturated carbocycles. The molecule has 1 spiro atoms. The third kappa shape index (κ3) is 4.11. The molecule has 4 heterocycles. The predicted molar refractivity (Wildman–Crippen MR) is 139 cm³/mol. The Labute approximate surface area is 216 Å². The van der Waals surface area contributed by atoms with Crippen LogP contribution in [0.4, 0.5) is 11.4 Å². The number of nitrogens with one attached hydrogen (secondary N) is 3. The number of ether oxygens (including phenoxy) is 2. The van der Waals surface area contributed by atoms with Crippen LogP contribution in [0.5, 0.6) is 11.5 Å². The molecule has 4 N–H and O–H groups in total. The number of carbonyl (C=O) groups excluding carboxylic acids is 2. The third-order valence-electron chi connectivity index (χ3n) is 6.82. The van der Waals surface area contributed by atoms with Crippen molar-refractivity contribution in [2.24, 2.45) is 0 Å². The number of carbonyl (C=O) groups is 2. The van der Waals surface area contributed by atoms with Crippen LogP contribution in [-0.2, 0) is 9.53 Å². The smallest absolute Gasteiger partial charge is 0.252 e. The highest BCUT2D eigenvalue weighted by Crippen LogP contribution is 2.41. The zero-order chi connectivity index (χ0) is 25.6. The summed E-state index contributed by atoms with van der Waals surface area (Å²) < 4.78 is 11.6. The van der Waals surface area contributed by atoms with Crippen LogP contribution in [0.15, 0.2) is 60.9 Å². The first-order chi connectivity index (χ1) is 18.0. The molecule has 0 radical (unpaired) electrons. The lowest BCUT2D eigenvalue weighted by Gasteiger charge is -2.42. The van der Waals surface area contributed by atoms with Crippen molar-refractivity contribution in [1.82, 2.24) is 9.97 Å². The van der Waals surface area contributed by atoms with Gasteiger partial charge < -0.3 is 30.2 Å². The summed E-state index contributed by atoms with van der Waals surface area (Å²) in [6.07, 6.45) is 3.82. The molecular weight excluding hydrogens is 496 g/mol. The van der Waals surface area contributed by atoms with Gasteiger partial charge in [-0.2, -0.15) is 0 Å². The minimum atomic E-state index is -1.02. The van der Waals surface area contributed by atoms with E-state index < -0.39 is 5.54 Å². The Balaban J connectivity index is 1.35. The molecule has 0 aliphatic carbocycles. The highest BCUT2D eigenvalue weighted by Gasteiger charge is 2.46. The Bertz CT molecular complexity index is 1510. The van der Waals surface area contributed by atoms with Crippen LogP contribution in [0, 0.1) is 0 Å². The summed E-state index contributed by atoms with van der Waals surface area (Å²) in [4.78, 5) is 34.1. The predicted octanol–water partition coefficient (Wildman–Crippen LogP) is 4.51. The Hall–Kier alpha value is -3.92. The first-order valence-corrected chi connectivity index (χ1v) is 12.2. The fourth-order valence-electron chi connectivity index (χ4n) is 4.80. The molecule has 1 fully saturated rings. The van der Waals surface area contributed by atoms with Crippen LogP contribution in [0.2, 0.25) is 5.02 Å². The minimum absolute atomic E-state index is 0.0930. The molecule has 2 aliphatic heterocycles. The number of amides is 1. The SMILES string of the molecule is O=C(c1ccc(Oc2ccccc2)cc1Cl)c1c[nH]c2ncc3c(c12)N[C@]1(CC[C@H](CO)OC1)C(=O)N3. The molecule has 37 heavy (non-hydrogen) atoms. The molecule has 10 heteroatoms. The average molecular weight is 519 g/mol. The number of aliphatic hydroxyl groups is 1. The zero-order valence-corrected chi connectivity index (χ0v) is 20.3. The van der Waals surface area contributed by atoms with E-state index in [0.717, 1.165) is 0 Å². The largest absolute Gasteiger partial charge is 0.457 e. The molecule has 1 amide bonds. The number of halogens is 1. The van der Waals surface area contributed by atoms with Crippen LogP contribution in [0.25, 0.3) is 11.0 Å². The number of hydrogen-bond donors (Lipinski definition) is 4. The van der Waals surface area contributed by atoms with Gasteiger partial charge in [0.1, 0.15) is 22.7 Å². The van der Waals surface area contributed by atoms with Crippen molar-refractivity contribution in [3.05, 3.63) is 77.1 Å². The van der Waals surface area contributed by atoms with Crippen LogP contribution in [-0.4, -0.2) is 51.6 Å². The number of aromatic nitrogens is 2. The lowest BCUT2D eigenvalue weighted by Crippen LogP contribution is -2.59. The standard InChI is InChI=1S/C27H23ClN4O5/c28-20-10-16(37-15-4-2-1-3-5-15)6-7-18(20)24(34)19-11-29-25-22(19)23-21(12-30-25)31-26(35)27(32-23)9-8-17(13-33)36-14-27/h1-7,10-12,17,32-33H,8-9,13-14H2,(H,29,30)(H,31,35)/t17-,27+/m1/s1. The highest BCUT2D eigenvalue weighted by molar-refractivity contribution is 6.36. The van der Waals surface area contributed by atoms with E-state index in [4.69, 9.17) is 21.1 Å². The van der Waals surface area contributed by atoms with Gasteiger partial charge in [0.25, 0.3) is 5.91 Å². The van der Waals surface area contributed by atoms with Gasteiger partial charge in [0.2, 0.25) is 0 Å². The molecular formula is C27H23ClN4O5. The van der Waals surface area contributed by atoms with Crippen molar-refractivity contribution in [1.29, 1.82) is 0 Å². The van der Waals surface area contributed by atoms with Gasteiger partial charge in [-0.3, -0.25) is 9.59 Å². The highest BCUT2D eigenvalue weighted by atomic mass is 35.5. The van der Waals surface area contributed by atoms with E-state index in [-0.39, 0.29) is 36.0 Å². The van der Waals surface area contributed by atoms with Crippen molar-refractivity contribution in [3.8, 4) is 11.5 Å². The number of pyridine rings is 1. The maximum atomic E-state index is 13.7. The molecule has 0 unspecified atom stereocenters. The second-order valence-corrected chi connectivity index (χ2v) is 9.58. The topological polar surface area (TPSA) is 126 Å². The monoisotopic (exact) mass is 518 g/mol. The number of aromatic amines is 1. The number of rotatable bonds is 5. The van der Waals surface area contributed by atoms with Gasteiger partial charge in [-0.1, -0.05) is 29.8 Å². The Morgan fingerprint density at radius 2 is 2.03 bits per heavy atom. The number of H-pyrrole nitrogens is 1. The number of para-hydroxylation sites is 1. The van der Waals surface area contributed by atoms with E-state index in [1.54, 1.807) is 30.6 Å². The number of nitrogens with zero attached hydrogens (tertiary/aromatic N) is 1. The van der Waals surface area contributed by atoms with Gasteiger partial charge in [0, 0.05) is 17.8 Å². The summed E-state index contributed by atoms with van der Waals surface area (Å²) in [7, 11) is 0. The molecule has 6 rings (SSSR count). The summed E-state index contributed by atoms with van der Waals surface area (Å²) in [6.45, 7) is -0.00935. The van der Waals surface area contributed by atoms with Crippen molar-refractivity contribution < 1.29 is 24.2 Å². The molecule has 2 atom stereocenters. The average Bonchev–Trinajstić information content (AvgIpc) is 3.35.